The number of anilines is 2. The molecule has 0 atom stereocenters. The zero-order chi connectivity index (χ0) is 21.0. The number of ketones is 1. The summed E-state index contributed by atoms with van der Waals surface area (Å²) in [5.41, 5.74) is -1.61. The molecule has 2 aromatic rings. The van der Waals surface area contributed by atoms with Crippen molar-refractivity contribution in [1.29, 1.82) is 0 Å². The topological polar surface area (TPSA) is 85.6 Å². The molecule has 0 spiro atoms. The molecule has 8 nitrogen and oxygen atoms in total. The van der Waals surface area contributed by atoms with Crippen molar-refractivity contribution in [2.24, 2.45) is 14.1 Å². The van der Waals surface area contributed by atoms with Crippen molar-refractivity contribution in [3.63, 3.8) is 0 Å². The van der Waals surface area contributed by atoms with Gasteiger partial charge in [0, 0.05) is 24.2 Å². The first-order chi connectivity index (χ1) is 13.1. The van der Waals surface area contributed by atoms with Crippen molar-refractivity contribution in [3.8, 4) is 0 Å². The largest absolute Gasteiger partial charge is 0.372 e. The maximum Gasteiger partial charge on any atom is 0.332 e. The molecule has 1 aromatic carbocycles. The number of nitrogens with one attached hydrogen (secondary N) is 1. The van der Waals surface area contributed by atoms with Crippen molar-refractivity contribution in [1.82, 2.24) is 14.0 Å². The Kier molecular flexibility index (Phi) is 7.49. The van der Waals surface area contributed by atoms with Gasteiger partial charge in [-0.25, -0.2) is 9.18 Å². The third-order valence-corrected chi connectivity index (χ3v) is 4.71. The number of aromatic nitrogens is 2. The molecule has 0 fully saturated rings. The number of rotatable bonds is 8. The van der Waals surface area contributed by atoms with Gasteiger partial charge in [0.1, 0.15) is 23.8 Å². The summed E-state index contributed by atoms with van der Waals surface area (Å²) >= 11 is 1.96. The second-order valence-electron chi connectivity index (χ2n) is 6.46. The molecule has 0 aliphatic carbocycles. The van der Waals surface area contributed by atoms with Crippen molar-refractivity contribution in [2.45, 2.75) is 0 Å². The Morgan fingerprint density at radius 2 is 1.93 bits per heavy atom. The van der Waals surface area contributed by atoms with Crippen LogP contribution in [0.15, 0.2) is 27.8 Å². The maximum absolute atomic E-state index is 14.3. The summed E-state index contributed by atoms with van der Waals surface area (Å²) in [5.74, 6) is -1.24. The molecule has 0 aliphatic heterocycles. The van der Waals surface area contributed by atoms with Gasteiger partial charge in [-0.15, -0.1) is 0 Å². The Morgan fingerprint density at radius 3 is 2.54 bits per heavy atom. The summed E-state index contributed by atoms with van der Waals surface area (Å²) in [6, 6.07) is 4.44. The second kappa shape index (κ2) is 9.43. The molecule has 0 radical (unpaired) electrons. The van der Waals surface area contributed by atoms with Crippen LogP contribution in [0.3, 0.4) is 0 Å². The third-order valence-electron chi connectivity index (χ3n) is 4.04. The van der Waals surface area contributed by atoms with E-state index in [4.69, 9.17) is 4.74 Å². The Morgan fingerprint density at radius 1 is 1.25 bits per heavy atom. The highest BCUT2D eigenvalue weighted by atomic mass is 127. The van der Waals surface area contributed by atoms with Crippen LogP contribution in [-0.4, -0.2) is 53.7 Å². The number of halogens is 2. The van der Waals surface area contributed by atoms with Gasteiger partial charge in [0.05, 0.1) is 12.3 Å². The minimum Gasteiger partial charge on any atom is -0.372 e. The fraction of sp³-hybridized carbons (Fsp3) is 0.389. The summed E-state index contributed by atoms with van der Waals surface area (Å²) in [6.07, 6.45) is 0. The van der Waals surface area contributed by atoms with Crippen molar-refractivity contribution in [3.05, 3.63) is 54.0 Å². The molecule has 10 heteroatoms. The van der Waals surface area contributed by atoms with E-state index in [1.807, 2.05) is 41.6 Å². The van der Waals surface area contributed by atoms with Crippen LogP contribution in [0.4, 0.5) is 15.9 Å². The predicted octanol–water partition coefficient (Wildman–Crippen LogP) is 1.33. The van der Waals surface area contributed by atoms with E-state index in [0.717, 1.165) is 9.13 Å². The van der Waals surface area contributed by atoms with Gasteiger partial charge in [0.2, 0.25) is 0 Å². The van der Waals surface area contributed by atoms with Crippen LogP contribution >= 0.6 is 22.6 Å². The molecular weight excluding hydrogens is 482 g/mol. The van der Waals surface area contributed by atoms with E-state index in [-0.39, 0.29) is 23.7 Å². The van der Waals surface area contributed by atoms with Crippen LogP contribution in [0.25, 0.3) is 0 Å². The molecule has 0 amide bonds. The van der Waals surface area contributed by atoms with Crippen molar-refractivity contribution < 1.29 is 13.9 Å². The second-order valence-corrected chi connectivity index (χ2v) is 7.70. The van der Waals surface area contributed by atoms with E-state index in [0.29, 0.717) is 16.7 Å². The van der Waals surface area contributed by atoms with Crippen molar-refractivity contribution >= 4 is 39.9 Å². The highest BCUT2D eigenvalue weighted by Crippen LogP contribution is 2.22. The van der Waals surface area contributed by atoms with Crippen molar-refractivity contribution in [2.75, 3.05) is 39.2 Å². The highest BCUT2D eigenvalue weighted by molar-refractivity contribution is 14.1. The molecule has 0 aliphatic rings. The smallest absolute Gasteiger partial charge is 0.332 e. The summed E-state index contributed by atoms with van der Waals surface area (Å²) in [4.78, 5) is 39.5. The molecule has 28 heavy (non-hydrogen) atoms. The molecule has 152 valence electrons. The zero-order valence-corrected chi connectivity index (χ0v) is 18.2. The molecule has 1 heterocycles. The molecule has 2 rings (SSSR count). The van der Waals surface area contributed by atoms with Crippen LogP contribution in [0, 0.1) is 9.39 Å². The number of carbonyl (C=O) groups is 1. The van der Waals surface area contributed by atoms with Gasteiger partial charge in [0.15, 0.2) is 5.78 Å². The zero-order valence-electron chi connectivity index (χ0n) is 16.1. The summed E-state index contributed by atoms with van der Waals surface area (Å²) < 4.78 is 22.2. The lowest BCUT2D eigenvalue weighted by Crippen LogP contribution is -2.42. The Bertz CT molecular complexity index is 1000. The average Bonchev–Trinajstić information content (AvgIpc) is 2.63. The predicted molar refractivity (Wildman–Crippen MR) is 113 cm³/mol. The van der Waals surface area contributed by atoms with Gasteiger partial charge in [0.25, 0.3) is 5.56 Å². The Hall–Kier alpha value is -2.05. The number of carbonyl (C=O) groups excluding carboxylic acids is 1. The number of Topliss-reactive ketones (excluding diaryl/α,β-unsaturated/α-hetero) is 1. The number of nitrogens with zero attached hydrogens (tertiary/aromatic N) is 3. The van der Waals surface area contributed by atoms with Crippen LogP contribution in [-0.2, 0) is 18.8 Å². The average molecular weight is 504 g/mol. The lowest BCUT2D eigenvalue weighted by Gasteiger charge is -2.17. The van der Waals surface area contributed by atoms with E-state index in [1.54, 1.807) is 6.07 Å². The van der Waals surface area contributed by atoms with E-state index < -0.39 is 22.8 Å². The standard InChI is InChI=1S/C18H22FIN4O4/c1-22(2)7-8-28-10-14(25)15-16(23(3)18(27)24(4)17(15)26)21-13-6-5-11(20)9-12(13)19/h5-6,9,21H,7-8,10H2,1-4H3. The first-order valence-corrected chi connectivity index (χ1v) is 9.49. The Labute approximate surface area is 175 Å². The molecule has 1 aromatic heterocycles. The minimum atomic E-state index is -0.766. The molecular formula is C18H22FIN4O4. The fourth-order valence-corrected chi connectivity index (χ4v) is 2.90. The van der Waals surface area contributed by atoms with Gasteiger partial charge in [-0.3, -0.25) is 18.7 Å². The summed E-state index contributed by atoms with van der Waals surface area (Å²) in [5, 5.41) is 2.72. The SMILES string of the molecule is CN(C)CCOCC(=O)c1c(Nc2ccc(I)cc2F)n(C)c(=O)n(C)c1=O. The number of hydrogen-bond acceptors (Lipinski definition) is 6. The number of hydrogen-bond donors (Lipinski definition) is 1. The first-order valence-electron chi connectivity index (χ1n) is 8.41. The van der Waals surface area contributed by atoms with Gasteiger partial charge in [-0.1, -0.05) is 0 Å². The number of benzene rings is 1. The minimum absolute atomic E-state index is 0.0474. The molecule has 0 unspecified atom stereocenters. The molecule has 1 N–H and O–H groups in total. The quantitative estimate of drug-likeness (QED) is 0.332. The van der Waals surface area contributed by atoms with E-state index in [2.05, 4.69) is 5.32 Å². The fourth-order valence-electron chi connectivity index (χ4n) is 2.44. The van der Waals surface area contributed by atoms with Crippen LogP contribution < -0.4 is 16.6 Å². The number of ether oxygens (including phenoxy) is 1. The molecule has 0 saturated heterocycles. The van der Waals surface area contributed by atoms with E-state index in [9.17, 15) is 18.8 Å². The third kappa shape index (κ3) is 5.06. The maximum atomic E-state index is 14.3. The monoisotopic (exact) mass is 504 g/mol. The first kappa shape index (κ1) is 22.2. The summed E-state index contributed by atoms with van der Waals surface area (Å²) in [6.45, 7) is 0.585. The summed E-state index contributed by atoms with van der Waals surface area (Å²) in [7, 11) is 6.42. The van der Waals surface area contributed by atoms with Gasteiger partial charge in [-0.05, 0) is 54.9 Å². The highest BCUT2D eigenvalue weighted by Gasteiger charge is 2.23. The lowest BCUT2D eigenvalue weighted by molar-refractivity contribution is 0.0728. The molecule has 0 saturated carbocycles. The van der Waals surface area contributed by atoms with Crippen LogP contribution in [0.5, 0.6) is 0 Å². The van der Waals surface area contributed by atoms with E-state index in [1.165, 1.54) is 26.2 Å². The normalized spacial score (nSPS) is 11.1. The van der Waals surface area contributed by atoms with Gasteiger partial charge >= 0.3 is 5.69 Å². The van der Waals surface area contributed by atoms with Crippen LogP contribution in [0.2, 0.25) is 0 Å². The lowest BCUT2D eigenvalue weighted by atomic mass is 10.2. The van der Waals surface area contributed by atoms with Gasteiger partial charge in [-0.2, -0.15) is 0 Å². The Balaban J connectivity index is 2.44. The number of likely N-dealkylation sites (N-methyl/N-ethyl adjacent to an activating group) is 1. The molecule has 0 bridgehead atoms. The van der Waals surface area contributed by atoms with Gasteiger partial charge < -0.3 is 15.0 Å². The van der Waals surface area contributed by atoms with Crippen LogP contribution in [0.1, 0.15) is 10.4 Å². The van der Waals surface area contributed by atoms with E-state index >= 15 is 0 Å².